The van der Waals surface area contributed by atoms with Crippen LogP contribution >= 0.6 is 11.6 Å². The Balaban J connectivity index is 1.75. The molecule has 1 fully saturated rings. The molecule has 2 aromatic carbocycles. The van der Waals surface area contributed by atoms with Gasteiger partial charge in [0.2, 0.25) is 15.9 Å². The topological polar surface area (TPSA) is 84.9 Å². The van der Waals surface area contributed by atoms with E-state index in [4.69, 9.17) is 21.1 Å². The standard InChI is InChI=1S/C20H23ClN2O5S/c1-27-16-7-10-19(28-2)18(12-16)22-20(24)14-4-3-11-23(13-14)29(25,26)17-8-5-15(21)6-9-17/h5-10,12,14H,3-4,11,13H2,1-2H3,(H,22,24)/t14-/m0/s1. The van der Waals surface area contributed by atoms with Gasteiger partial charge in [-0.25, -0.2) is 8.42 Å². The van der Waals surface area contributed by atoms with Crippen molar-refractivity contribution in [2.75, 3.05) is 32.6 Å². The van der Waals surface area contributed by atoms with Crippen LogP contribution in [0.25, 0.3) is 0 Å². The van der Waals surface area contributed by atoms with E-state index in [-0.39, 0.29) is 17.3 Å². The van der Waals surface area contributed by atoms with Gasteiger partial charge in [0.05, 0.1) is 30.7 Å². The van der Waals surface area contributed by atoms with Crippen molar-refractivity contribution >= 4 is 33.2 Å². The number of piperidine rings is 1. The van der Waals surface area contributed by atoms with E-state index in [1.54, 1.807) is 18.2 Å². The molecule has 0 radical (unpaired) electrons. The second-order valence-electron chi connectivity index (χ2n) is 6.71. The minimum absolute atomic E-state index is 0.114. The molecule has 1 N–H and O–H groups in total. The average Bonchev–Trinajstić information content (AvgIpc) is 2.74. The molecule has 1 aliphatic rings. The zero-order valence-corrected chi connectivity index (χ0v) is 17.8. The third-order valence-electron chi connectivity index (χ3n) is 4.87. The number of sulfonamides is 1. The highest BCUT2D eigenvalue weighted by atomic mass is 35.5. The summed E-state index contributed by atoms with van der Waals surface area (Å²) in [6.45, 7) is 0.486. The number of nitrogens with one attached hydrogen (secondary N) is 1. The molecule has 0 unspecified atom stereocenters. The first-order valence-electron chi connectivity index (χ1n) is 9.13. The van der Waals surface area contributed by atoms with Crippen LogP contribution in [-0.4, -0.2) is 45.9 Å². The zero-order chi connectivity index (χ0) is 21.0. The van der Waals surface area contributed by atoms with Crippen LogP contribution in [0.3, 0.4) is 0 Å². The molecule has 0 spiro atoms. The van der Waals surface area contributed by atoms with E-state index >= 15 is 0 Å². The Morgan fingerprint density at radius 3 is 2.52 bits per heavy atom. The largest absolute Gasteiger partial charge is 0.497 e. The number of ether oxygens (including phenoxy) is 2. The van der Waals surface area contributed by atoms with Crippen molar-refractivity contribution in [1.82, 2.24) is 4.31 Å². The third kappa shape index (κ3) is 4.83. The average molecular weight is 439 g/mol. The van der Waals surface area contributed by atoms with Crippen LogP contribution in [-0.2, 0) is 14.8 Å². The number of anilines is 1. The minimum atomic E-state index is -3.69. The number of halogens is 1. The van der Waals surface area contributed by atoms with E-state index in [2.05, 4.69) is 5.32 Å². The van der Waals surface area contributed by atoms with Crippen molar-refractivity contribution in [2.24, 2.45) is 5.92 Å². The summed E-state index contributed by atoms with van der Waals surface area (Å²) in [4.78, 5) is 13.0. The van der Waals surface area contributed by atoms with Crippen molar-refractivity contribution in [2.45, 2.75) is 17.7 Å². The summed E-state index contributed by atoms with van der Waals surface area (Å²) < 4.78 is 37.7. The third-order valence-corrected chi connectivity index (χ3v) is 7.00. The lowest BCUT2D eigenvalue weighted by atomic mass is 9.98. The second kappa shape index (κ2) is 9.02. The molecule has 29 heavy (non-hydrogen) atoms. The SMILES string of the molecule is COc1ccc(OC)c(NC(=O)[C@H]2CCCN(S(=O)(=O)c3ccc(Cl)cc3)C2)c1. The summed E-state index contributed by atoms with van der Waals surface area (Å²) in [6.07, 6.45) is 1.20. The number of nitrogens with zero attached hydrogens (tertiary/aromatic N) is 1. The lowest BCUT2D eigenvalue weighted by molar-refractivity contribution is -0.120. The molecule has 0 aromatic heterocycles. The molecule has 3 rings (SSSR count). The van der Waals surface area contributed by atoms with Crippen molar-refractivity contribution in [1.29, 1.82) is 0 Å². The highest BCUT2D eigenvalue weighted by Crippen LogP contribution is 2.31. The molecule has 1 saturated heterocycles. The van der Waals surface area contributed by atoms with Crippen LogP contribution in [0, 0.1) is 5.92 Å². The molecular weight excluding hydrogens is 416 g/mol. The van der Waals surface area contributed by atoms with Gasteiger partial charge < -0.3 is 14.8 Å². The number of benzene rings is 2. The molecule has 1 atom stereocenters. The summed E-state index contributed by atoms with van der Waals surface area (Å²) in [6, 6.07) is 11.1. The number of amides is 1. The second-order valence-corrected chi connectivity index (χ2v) is 9.09. The number of hydrogen-bond donors (Lipinski definition) is 1. The predicted molar refractivity (Wildman–Crippen MR) is 111 cm³/mol. The number of hydrogen-bond acceptors (Lipinski definition) is 5. The molecule has 1 heterocycles. The van der Waals surface area contributed by atoms with Crippen LogP contribution in [0.15, 0.2) is 47.4 Å². The van der Waals surface area contributed by atoms with Crippen LogP contribution in [0.2, 0.25) is 5.02 Å². The van der Waals surface area contributed by atoms with Gasteiger partial charge in [0.15, 0.2) is 0 Å². The smallest absolute Gasteiger partial charge is 0.243 e. The van der Waals surface area contributed by atoms with E-state index < -0.39 is 15.9 Å². The van der Waals surface area contributed by atoms with Crippen LogP contribution < -0.4 is 14.8 Å². The number of rotatable bonds is 6. The van der Waals surface area contributed by atoms with Gasteiger partial charge in [-0.3, -0.25) is 4.79 Å². The van der Waals surface area contributed by atoms with Gasteiger partial charge in [0.1, 0.15) is 11.5 Å². The Labute approximate surface area is 175 Å². The monoisotopic (exact) mass is 438 g/mol. The molecular formula is C20H23ClN2O5S. The van der Waals surface area contributed by atoms with Crippen LogP contribution in [0.4, 0.5) is 5.69 Å². The minimum Gasteiger partial charge on any atom is -0.497 e. The molecule has 156 valence electrons. The van der Waals surface area contributed by atoms with Crippen molar-refractivity contribution in [3.63, 3.8) is 0 Å². The van der Waals surface area contributed by atoms with Crippen molar-refractivity contribution < 1.29 is 22.7 Å². The number of methoxy groups -OCH3 is 2. The Morgan fingerprint density at radius 2 is 1.86 bits per heavy atom. The number of carbonyl (C=O) groups excluding carboxylic acids is 1. The predicted octanol–water partition coefficient (Wildman–Crippen LogP) is 3.40. The fourth-order valence-electron chi connectivity index (χ4n) is 3.28. The van der Waals surface area contributed by atoms with Crippen molar-refractivity contribution in [3.8, 4) is 11.5 Å². The van der Waals surface area contributed by atoms with Crippen LogP contribution in [0.5, 0.6) is 11.5 Å². The highest BCUT2D eigenvalue weighted by Gasteiger charge is 2.33. The van der Waals surface area contributed by atoms with Crippen molar-refractivity contribution in [3.05, 3.63) is 47.5 Å². The normalized spacial score (nSPS) is 17.6. The summed E-state index contributed by atoms with van der Waals surface area (Å²) in [5, 5.41) is 3.31. The molecule has 9 heteroatoms. The highest BCUT2D eigenvalue weighted by molar-refractivity contribution is 7.89. The van der Waals surface area contributed by atoms with E-state index in [1.165, 1.54) is 42.8 Å². The first kappa shape index (κ1) is 21.4. The maximum atomic E-state index is 12.9. The molecule has 0 bridgehead atoms. The van der Waals surface area contributed by atoms with Crippen LogP contribution in [0.1, 0.15) is 12.8 Å². The zero-order valence-electron chi connectivity index (χ0n) is 16.2. The first-order valence-corrected chi connectivity index (χ1v) is 11.0. The summed E-state index contributed by atoms with van der Waals surface area (Å²) in [5.41, 5.74) is 0.481. The fraction of sp³-hybridized carbons (Fsp3) is 0.350. The summed E-state index contributed by atoms with van der Waals surface area (Å²) in [5.74, 6) is 0.353. The molecule has 0 aliphatic carbocycles. The lowest BCUT2D eigenvalue weighted by Gasteiger charge is -2.31. The quantitative estimate of drug-likeness (QED) is 0.747. The molecule has 2 aromatic rings. The first-order chi connectivity index (χ1) is 13.8. The van der Waals surface area contributed by atoms with Gasteiger partial charge in [0, 0.05) is 24.2 Å². The van der Waals surface area contributed by atoms with E-state index in [9.17, 15) is 13.2 Å². The summed E-state index contributed by atoms with van der Waals surface area (Å²) in [7, 11) is -0.643. The molecule has 7 nitrogen and oxygen atoms in total. The maximum Gasteiger partial charge on any atom is 0.243 e. The van der Waals surface area contributed by atoms with Gasteiger partial charge in [-0.2, -0.15) is 4.31 Å². The van der Waals surface area contributed by atoms with Gasteiger partial charge in [0.25, 0.3) is 0 Å². The maximum absolute atomic E-state index is 12.9. The Bertz CT molecular complexity index is 979. The molecule has 0 saturated carbocycles. The number of carbonyl (C=O) groups is 1. The molecule has 1 aliphatic heterocycles. The Hall–Kier alpha value is -2.29. The lowest BCUT2D eigenvalue weighted by Crippen LogP contribution is -2.43. The van der Waals surface area contributed by atoms with E-state index in [0.29, 0.717) is 41.6 Å². The fourth-order valence-corrected chi connectivity index (χ4v) is 4.93. The van der Waals surface area contributed by atoms with Gasteiger partial charge in [-0.15, -0.1) is 0 Å². The summed E-state index contributed by atoms with van der Waals surface area (Å²) >= 11 is 5.86. The van der Waals surface area contributed by atoms with Gasteiger partial charge in [-0.05, 0) is 49.2 Å². The van der Waals surface area contributed by atoms with E-state index in [1.807, 2.05) is 0 Å². The Morgan fingerprint density at radius 1 is 1.14 bits per heavy atom. The Kier molecular flexibility index (Phi) is 6.66. The van der Waals surface area contributed by atoms with E-state index in [0.717, 1.165) is 0 Å². The molecule has 1 amide bonds. The van der Waals surface area contributed by atoms with Gasteiger partial charge in [-0.1, -0.05) is 11.6 Å². The van der Waals surface area contributed by atoms with Gasteiger partial charge >= 0.3 is 0 Å².